The van der Waals surface area contributed by atoms with Gasteiger partial charge < -0.3 is 10.4 Å². The van der Waals surface area contributed by atoms with Crippen molar-refractivity contribution >= 4 is 22.4 Å². The van der Waals surface area contributed by atoms with Gasteiger partial charge in [-0.2, -0.15) is 0 Å². The highest BCUT2D eigenvalue weighted by molar-refractivity contribution is 7.15. The van der Waals surface area contributed by atoms with E-state index < -0.39 is 17.4 Å². The largest absolute Gasteiger partial charge is 0.481 e. The molecular weight excluding hydrogens is 392 g/mol. The number of aliphatic carboxylic acids is 1. The van der Waals surface area contributed by atoms with E-state index in [1.165, 1.54) is 11.3 Å². The second kappa shape index (κ2) is 8.51. The highest BCUT2D eigenvalue weighted by Crippen LogP contribution is 2.41. The van der Waals surface area contributed by atoms with Crippen LogP contribution in [0.15, 0.2) is 97.2 Å². The first kappa shape index (κ1) is 19.9. The van der Waals surface area contributed by atoms with Crippen molar-refractivity contribution in [2.75, 3.05) is 5.32 Å². The van der Waals surface area contributed by atoms with Gasteiger partial charge in [-0.05, 0) is 23.6 Å². The molecule has 3 aromatic carbocycles. The lowest BCUT2D eigenvalue weighted by Crippen LogP contribution is -2.38. The number of nitrogens with one attached hydrogen (secondary N) is 1. The van der Waals surface area contributed by atoms with E-state index in [1.54, 1.807) is 13.1 Å². The first-order valence-corrected chi connectivity index (χ1v) is 10.6. The van der Waals surface area contributed by atoms with E-state index in [2.05, 4.69) is 46.7 Å². The summed E-state index contributed by atoms with van der Waals surface area (Å²) in [7, 11) is 0. The Morgan fingerprint density at radius 2 is 1.30 bits per heavy atom. The van der Waals surface area contributed by atoms with Gasteiger partial charge in [0.05, 0.1) is 5.92 Å². The van der Waals surface area contributed by atoms with Crippen molar-refractivity contribution in [2.45, 2.75) is 18.4 Å². The predicted octanol–water partition coefficient (Wildman–Crippen LogP) is 5.74. The zero-order valence-corrected chi connectivity index (χ0v) is 17.3. The Labute approximate surface area is 179 Å². The molecule has 5 heteroatoms. The number of benzene rings is 3. The minimum atomic E-state index is -0.856. The summed E-state index contributed by atoms with van der Waals surface area (Å²) in [5.74, 6) is -1.46. The van der Waals surface area contributed by atoms with Crippen molar-refractivity contribution in [3.05, 3.63) is 119 Å². The minimum absolute atomic E-state index is 0.599. The summed E-state index contributed by atoms with van der Waals surface area (Å²) in [5.41, 5.74) is 2.55. The van der Waals surface area contributed by atoms with Crippen molar-refractivity contribution in [3.8, 4) is 0 Å². The topological polar surface area (TPSA) is 62.2 Å². The monoisotopic (exact) mass is 414 g/mol. The molecule has 1 heterocycles. The molecule has 2 N–H and O–H groups in total. The second-order valence-electron chi connectivity index (χ2n) is 7.10. The third-order valence-electron chi connectivity index (χ3n) is 5.24. The van der Waals surface area contributed by atoms with Gasteiger partial charge >= 0.3 is 5.97 Å². The van der Waals surface area contributed by atoms with Gasteiger partial charge in [-0.25, -0.2) is 4.98 Å². The van der Waals surface area contributed by atoms with Crippen LogP contribution in [0.4, 0.5) is 5.13 Å². The van der Waals surface area contributed by atoms with Crippen molar-refractivity contribution in [1.29, 1.82) is 0 Å². The molecule has 0 spiro atoms. The van der Waals surface area contributed by atoms with Crippen LogP contribution in [0.3, 0.4) is 0 Å². The van der Waals surface area contributed by atoms with Crippen LogP contribution in [0.25, 0.3) is 0 Å². The molecule has 30 heavy (non-hydrogen) atoms. The van der Waals surface area contributed by atoms with Gasteiger partial charge in [0.15, 0.2) is 5.13 Å². The van der Waals surface area contributed by atoms with E-state index in [9.17, 15) is 9.90 Å². The van der Waals surface area contributed by atoms with Crippen LogP contribution in [-0.4, -0.2) is 16.1 Å². The maximum atomic E-state index is 11.4. The van der Waals surface area contributed by atoms with E-state index >= 15 is 0 Å². The van der Waals surface area contributed by atoms with E-state index in [-0.39, 0.29) is 0 Å². The fourth-order valence-corrected chi connectivity index (χ4v) is 4.52. The van der Waals surface area contributed by atoms with Gasteiger partial charge in [0.1, 0.15) is 5.54 Å². The maximum Gasteiger partial charge on any atom is 0.311 e. The zero-order chi connectivity index (χ0) is 21.0. The summed E-state index contributed by atoms with van der Waals surface area (Å²) in [6.07, 6.45) is 1.65. The van der Waals surface area contributed by atoms with Crippen LogP contribution in [0, 0.1) is 0 Å². The molecule has 0 fully saturated rings. The fraction of sp³-hybridized carbons (Fsp3) is 0.120. The molecule has 0 aliphatic heterocycles. The third kappa shape index (κ3) is 3.72. The molecule has 0 saturated heterocycles. The Kier molecular flexibility index (Phi) is 5.63. The van der Waals surface area contributed by atoms with E-state index in [0.29, 0.717) is 10.0 Å². The second-order valence-corrected chi connectivity index (χ2v) is 8.16. The quantitative estimate of drug-likeness (QED) is 0.379. The number of carboxylic acid groups (broad SMARTS) is 1. The number of thiazole rings is 1. The molecule has 1 atom stereocenters. The molecular formula is C25H22N2O2S. The fourth-order valence-electron chi connectivity index (χ4n) is 3.61. The Balaban J connectivity index is 1.91. The van der Waals surface area contributed by atoms with Crippen LogP contribution in [0.2, 0.25) is 0 Å². The first-order chi connectivity index (χ1) is 14.6. The summed E-state index contributed by atoms with van der Waals surface area (Å²) in [6, 6.07) is 30.7. The number of carboxylic acids is 1. The molecule has 4 aromatic rings. The number of carbonyl (C=O) groups is 1. The lowest BCUT2D eigenvalue weighted by atomic mass is 9.77. The van der Waals surface area contributed by atoms with Crippen molar-refractivity contribution in [1.82, 2.24) is 4.98 Å². The standard InChI is InChI=1S/C25H22N2O2S/c1-18(23(28)29)22-17-26-24(30-22)27-25(19-11-5-2-6-12-19,20-13-7-3-8-14-20)21-15-9-4-10-16-21/h2-18H,1H3,(H,26,27)(H,28,29). The van der Waals surface area contributed by atoms with Gasteiger partial charge in [-0.15, -0.1) is 11.3 Å². The van der Waals surface area contributed by atoms with E-state index in [0.717, 1.165) is 16.7 Å². The first-order valence-electron chi connectivity index (χ1n) is 9.74. The molecule has 0 bridgehead atoms. The average molecular weight is 415 g/mol. The summed E-state index contributed by atoms with van der Waals surface area (Å²) < 4.78 is 0. The molecule has 0 amide bonds. The highest BCUT2D eigenvalue weighted by Gasteiger charge is 2.37. The summed E-state index contributed by atoms with van der Waals surface area (Å²) in [4.78, 5) is 16.7. The van der Waals surface area contributed by atoms with E-state index in [4.69, 9.17) is 0 Å². The van der Waals surface area contributed by atoms with Gasteiger partial charge in [0, 0.05) is 11.1 Å². The van der Waals surface area contributed by atoms with Gasteiger partial charge in [0.25, 0.3) is 0 Å². The summed E-state index contributed by atoms with van der Waals surface area (Å²) >= 11 is 1.38. The SMILES string of the molecule is CC(C(=O)O)c1cnc(NC(c2ccccc2)(c2ccccc2)c2ccccc2)s1. The summed E-state index contributed by atoms with van der Waals surface area (Å²) in [5, 5.41) is 13.7. The smallest absolute Gasteiger partial charge is 0.311 e. The third-order valence-corrected chi connectivity index (χ3v) is 6.33. The van der Waals surface area contributed by atoms with Crippen LogP contribution in [0.1, 0.15) is 34.4 Å². The number of anilines is 1. The van der Waals surface area contributed by atoms with Crippen LogP contribution in [-0.2, 0) is 10.3 Å². The highest BCUT2D eigenvalue weighted by atomic mass is 32.1. The van der Waals surface area contributed by atoms with Gasteiger partial charge in [-0.3, -0.25) is 4.79 Å². The maximum absolute atomic E-state index is 11.4. The lowest BCUT2D eigenvalue weighted by molar-refractivity contribution is -0.138. The predicted molar refractivity (Wildman–Crippen MR) is 121 cm³/mol. The number of nitrogens with zero attached hydrogens (tertiary/aromatic N) is 1. The summed E-state index contributed by atoms with van der Waals surface area (Å²) in [6.45, 7) is 1.68. The number of hydrogen-bond donors (Lipinski definition) is 2. The Hall–Kier alpha value is -3.44. The molecule has 150 valence electrons. The number of aromatic nitrogens is 1. The van der Waals surface area contributed by atoms with Crippen LogP contribution >= 0.6 is 11.3 Å². The van der Waals surface area contributed by atoms with Crippen LogP contribution in [0.5, 0.6) is 0 Å². The minimum Gasteiger partial charge on any atom is -0.481 e. The molecule has 4 rings (SSSR count). The van der Waals surface area contributed by atoms with E-state index in [1.807, 2.05) is 54.6 Å². The lowest BCUT2D eigenvalue weighted by Gasteiger charge is -2.36. The van der Waals surface area contributed by atoms with Gasteiger partial charge in [-0.1, -0.05) is 91.0 Å². The van der Waals surface area contributed by atoms with Crippen molar-refractivity contribution in [2.24, 2.45) is 0 Å². The van der Waals surface area contributed by atoms with Gasteiger partial charge in [0.2, 0.25) is 0 Å². The van der Waals surface area contributed by atoms with Crippen molar-refractivity contribution in [3.63, 3.8) is 0 Å². The molecule has 0 saturated carbocycles. The Morgan fingerprint density at radius 1 is 0.867 bits per heavy atom. The molecule has 1 unspecified atom stereocenters. The number of hydrogen-bond acceptors (Lipinski definition) is 4. The molecule has 0 aliphatic carbocycles. The Morgan fingerprint density at radius 3 is 1.70 bits per heavy atom. The van der Waals surface area contributed by atoms with Crippen LogP contribution < -0.4 is 5.32 Å². The Bertz CT molecular complexity index is 1010. The molecule has 4 nitrogen and oxygen atoms in total. The molecule has 1 aromatic heterocycles. The average Bonchev–Trinajstić information content (AvgIpc) is 3.27. The normalized spacial score (nSPS) is 12.3. The number of rotatable bonds is 7. The molecule has 0 aliphatic rings. The molecule has 0 radical (unpaired) electrons. The zero-order valence-electron chi connectivity index (χ0n) is 16.5. The van der Waals surface area contributed by atoms with Crippen molar-refractivity contribution < 1.29 is 9.90 Å².